The number of urea groups is 1. The van der Waals surface area contributed by atoms with Crippen LogP contribution in [0.3, 0.4) is 0 Å². The minimum atomic E-state index is -1.19. The number of likely N-dealkylation sites (tertiary alicyclic amines) is 1. The molecule has 0 spiro atoms. The van der Waals surface area contributed by atoms with Crippen molar-refractivity contribution in [2.24, 2.45) is 17.8 Å². The SMILES string of the molecule is COCCCC[C@@](O)(c1cccc2ccoc12)[C@@H]1CCCN(C(=O)NC(CN(C)C(=O)O)C(Cc2ccccc2)C2CCCC2)C1. The van der Waals surface area contributed by atoms with E-state index in [2.05, 4.69) is 17.4 Å². The van der Waals surface area contributed by atoms with Gasteiger partial charge in [-0.05, 0) is 62.0 Å². The van der Waals surface area contributed by atoms with Crippen molar-refractivity contribution in [3.05, 3.63) is 72.0 Å². The number of para-hydroxylation sites is 1. The number of carbonyl (C=O) groups is 2. The van der Waals surface area contributed by atoms with Gasteiger partial charge in [0.25, 0.3) is 0 Å². The van der Waals surface area contributed by atoms with Crippen molar-refractivity contribution in [1.82, 2.24) is 15.1 Å². The molecular formula is C37H51N3O6. The summed E-state index contributed by atoms with van der Waals surface area (Å²) in [6, 6.07) is 17.6. The normalized spacial score (nSPS) is 19.9. The van der Waals surface area contributed by atoms with Crippen molar-refractivity contribution in [2.75, 3.05) is 40.4 Å². The van der Waals surface area contributed by atoms with Crippen molar-refractivity contribution in [3.63, 3.8) is 0 Å². The van der Waals surface area contributed by atoms with Gasteiger partial charge in [-0.2, -0.15) is 0 Å². The summed E-state index contributed by atoms with van der Waals surface area (Å²) in [6.45, 7) is 1.83. The highest BCUT2D eigenvalue weighted by molar-refractivity contribution is 5.81. The number of carbonyl (C=O) groups excluding carboxylic acids is 1. The van der Waals surface area contributed by atoms with Crippen LogP contribution in [-0.2, 0) is 16.8 Å². The predicted molar refractivity (Wildman–Crippen MR) is 179 cm³/mol. The summed E-state index contributed by atoms with van der Waals surface area (Å²) in [7, 11) is 3.26. The van der Waals surface area contributed by atoms with Gasteiger partial charge in [-0.3, -0.25) is 0 Å². The highest BCUT2D eigenvalue weighted by atomic mass is 16.5. The van der Waals surface area contributed by atoms with Gasteiger partial charge in [-0.1, -0.05) is 74.2 Å². The lowest BCUT2D eigenvalue weighted by molar-refractivity contribution is -0.0559. The van der Waals surface area contributed by atoms with Gasteiger partial charge in [0.2, 0.25) is 0 Å². The highest BCUT2D eigenvalue weighted by Crippen LogP contribution is 2.43. The number of benzene rings is 2. The molecule has 0 bridgehead atoms. The summed E-state index contributed by atoms with van der Waals surface area (Å²) in [5.41, 5.74) is 1.47. The number of rotatable bonds is 14. The standard InChI is InChI=1S/C37H51N3O6/c1-39(36(42)43)26-33(31(28-14-6-7-15-28)24-27-12-4-3-5-13-27)38-35(41)40-21-11-17-30(25-40)37(44,20-8-9-22-45-2)32-18-10-16-29-19-23-46-34(29)32/h3-5,10,12-13,16,18-19,23,28,30-31,33,44H,6-9,11,14-15,17,20-22,24-26H2,1-2H3,(H,38,41)(H,42,43)/t30-,31?,33?,37+/m1/s1. The second kappa shape index (κ2) is 15.8. The molecule has 250 valence electrons. The maximum Gasteiger partial charge on any atom is 0.407 e. The van der Waals surface area contributed by atoms with Crippen LogP contribution in [0.25, 0.3) is 11.0 Å². The fourth-order valence-electron chi connectivity index (χ4n) is 7.91. The number of nitrogens with one attached hydrogen (secondary N) is 1. The summed E-state index contributed by atoms with van der Waals surface area (Å²) in [6.07, 6.45) is 9.59. The number of carboxylic acid groups (broad SMARTS) is 1. The molecule has 2 fully saturated rings. The van der Waals surface area contributed by atoms with Crippen LogP contribution in [0.5, 0.6) is 0 Å². The van der Waals surface area contributed by atoms with E-state index < -0.39 is 11.7 Å². The molecule has 1 aliphatic heterocycles. The maximum atomic E-state index is 14.1. The average molecular weight is 634 g/mol. The molecule has 1 saturated carbocycles. The molecule has 1 saturated heterocycles. The molecule has 9 nitrogen and oxygen atoms in total. The number of aliphatic hydroxyl groups is 1. The Kier molecular flexibility index (Phi) is 11.6. The second-order valence-electron chi connectivity index (χ2n) is 13.4. The number of furan rings is 1. The zero-order chi connectivity index (χ0) is 32.5. The lowest BCUT2D eigenvalue weighted by Crippen LogP contribution is -2.56. The van der Waals surface area contributed by atoms with Gasteiger partial charge < -0.3 is 34.5 Å². The van der Waals surface area contributed by atoms with E-state index in [1.54, 1.807) is 20.4 Å². The van der Waals surface area contributed by atoms with Gasteiger partial charge >= 0.3 is 12.1 Å². The Labute approximate surface area is 272 Å². The van der Waals surface area contributed by atoms with Gasteiger partial charge in [-0.25, -0.2) is 9.59 Å². The van der Waals surface area contributed by atoms with Crippen LogP contribution in [0.15, 0.2) is 65.3 Å². The van der Waals surface area contributed by atoms with Crippen LogP contribution < -0.4 is 5.32 Å². The van der Waals surface area contributed by atoms with Crippen molar-refractivity contribution >= 4 is 23.1 Å². The molecule has 9 heteroatoms. The number of likely N-dealkylation sites (N-methyl/N-ethyl adjacent to an activating group) is 1. The molecule has 5 rings (SSSR count). The first-order valence-electron chi connectivity index (χ1n) is 17.0. The Bertz CT molecular complexity index is 1410. The van der Waals surface area contributed by atoms with Gasteiger partial charge in [0.15, 0.2) is 0 Å². The molecule has 2 heterocycles. The molecule has 2 aromatic carbocycles. The van der Waals surface area contributed by atoms with E-state index in [1.807, 2.05) is 47.4 Å². The zero-order valence-electron chi connectivity index (χ0n) is 27.4. The number of fused-ring (bicyclic) bond motifs is 1. The summed E-state index contributed by atoms with van der Waals surface area (Å²) >= 11 is 0. The molecule has 4 atom stereocenters. The van der Waals surface area contributed by atoms with Gasteiger partial charge in [0.1, 0.15) is 5.58 Å². The van der Waals surface area contributed by atoms with Crippen LogP contribution in [0.1, 0.15) is 68.9 Å². The summed E-state index contributed by atoms with van der Waals surface area (Å²) in [4.78, 5) is 29.2. The van der Waals surface area contributed by atoms with Crippen molar-refractivity contribution in [2.45, 2.75) is 75.9 Å². The lowest BCUT2D eigenvalue weighted by Gasteiger charge is -2.43. The van der Waals surface area contributed by atoms with Crippen LogP contribution in [0.4, 0.5) is 9.59 Å². The molecule has 0 radical (unpaired) electrons. The van der Waals surface area contributed by atoms with Crippen LogP contribution in [0.2, 0.25) is 0 Å². The monoisotopic (exact) mass is 633 g/mol. The van der Waals surface area contributed by atoms with Gasteiger partial charge in [0, 0.05) is 57.3 Å². The average Bonchev–Trinajstić information content (AvgIpc) is 3.79. The minimum absolute atomic E-state index is 0.102. The number of unbranched alkanes of at least 4 members (excludes halogenated alkanes) is 1. The van der Waals surface area contributed by atoms with Gasteiger partial charge in [-0.15, -0.1) is 0 Å². The third kappa shape index (κ3) is 8.04. The van der Waals surface area contributed by atoms with Crippen LogP contribution in [-0.4, -0.2) is 78.6 Å². The first kappa shape index (κ1) is 33.8. The Morgan fingerprint density at radius 1 is 1.07 bits per heavy atom. The van der Waals surface area contributed by atoms with Crippen molar-refractivity contribution < 1.29 is 29.0 Å². The molecule has 2 unspecified atom stereocenters. The van der Waals surface area contributed by atoms with E-state index in [1.165, 1.54) is 10.5 Å². The third-order valence-electron chi connectivity index (χ3n) is 10.4. The molecule has 1 aliphatic carbocycles. The summed E-state index contributed by atoms with van der Waals surface area (Å²) < 4.78 is 11.2. The first-order valence-corrected chi connectivity index (χ1v) is 17.0. The summed E-state index contributed by atoms with van der Waals surface area (Å²) in [5.74, 6) is 0.318. The fraction of sp³-hybridized carbons (Fsp3) is 0.568. The number of methoxy groups -OCH3 is 1. The van der Waals surface area contributed by atoms with E-state index in [9.17, 15) is 19.8 Å². The second-order valence-corrected chi connectivity index (χ2v) is 13.4. The number of amides is 3. The van der Waals surface area contributed by atoms with Crippen LogP contribution >= 0.6 is 0 Å². The topological polar surface area (TPSA) is 115 Å². The highest BCUT2D eigenvalue weighted by Gasteiger charge is 2.43. The Morgan fingerprint density at radius 2 is 1.85 bits per heavy atom. The number of nitrogens with zero attached hydrogens (tertiary/aromatic N) is 2. The first-order chi connectivity index (χ1) is 22.3. The quantitative estimate of drug-likeness (QED) is 0.167. The number of ether oxygens (including phenoxy) is 1. The molecule has 2 aliphatic rings. The number of piperidine rings is 1. The molecule has 3 N–H and O–H groups in total. The van der Waals surface area contributed by atoms with Crippen molar-refractivity contribution in [3.8, 4) is 0 Å². The van der Waals surface area contributed by atoms with Crippen LogP contribution in [0, 0.1) is 17.8 Å². The Balaban J connectivity index is 1.38. The molecular weight excluding hydrogens is 582 g/mol. The Morgan fingerprint density at radius 3 is 2.59 bits per heavy atom. The van der Waals surface area contributed by atoms with Crippen molar-refractivity contribution in [1.29, 1.82) is 0 Å². The van der Waals surface area contributed by atoms with E-state index in [0.717, 1.165) is 68.7 Å². The van der Waals surface area contributed by atoms with E-state index in [-0.39, 0.29) is 30.5 Å². The number of hydrogen-bond donors (Lipinski definition) is 3. The zero-order valence-corrected chi connectivity index (χ0v) is 27.4. The van der Waals surface area contributed by atoms with E-state index in [0.29, 0.717) is 37.6 Å². The largest absolute Gasteiger partial charge is 0.465 e. The molecule has 46 heavy (non-hydrogen) atoms. The predicted octanol–water partition coefficient (Wildman–Crippen LogP) is 6.89. The minimum Gasteiger partial charge on any atom is -0.465 e. The Hall–Kier alpha value is -3.56. The lowest BCUT2D eigenvalue weighted by atomic mass is 9.73. The smallest absolute Gasteiger partial charge is 0.407 e. The summed E-state index contributed by atoms with van der Waals surface area (Å²) in [5, 5.41) is 26.6. The maximum absolute atomic E-state index is 14.1. The molecule has 3 aromatic rings. The van der Waals surface area contributed by atoms with E-state index >= 15 is 0 Å². The third-order valence-corrected chi connectivity index (χ3v) is 10.4. The van der Waals surface area contributed by atoms with Gasteiger partial charge in [0.05, 0.1) is 17.9 Å². The number of hydrogen-bond acceptors (Lipinski definition) is 5. The fourth-order valence-corrected chi connectivity index (χ4v) is 7.91. The molecule has 1 aromatic heterocycles. The van der Waals surface area contributed by atoms with E-state index in [4.69, 9.17) is 9.15 Å². The molecule has 3 amide bonds.